The van der Waals surface area contributed by atoms with E-state index in [0.29, 0.717) is 22.4 Å². The van der Waals surface area contributed by atoms with Crippen LogP contribution in [0.15, 0.2) is 30.6 Å². The summed E-state index contributed by atoms with van der Waals surface area (Å²) in [7, 11) is 0. The third-order valence-corrected chi connectivity index (χ3v) is 2.98. The number of nitrogens with one attached hydrogen (secondary N) is 1. The molecule has 0 spiro atoms. The minimum absolute atomic E-state index is 0.268. The van der Waals surface area contributed by atoms with Gasteiger partial charge in [0.25, 0.3) is 0 Å². The normalized spacial score (nSPS) is 10.3. The van der Waals surface area contributed by atoms with E-state index in [0.717, 1.165) is 12.0 Å². The quantitative estimate of drug-likeness (QED) is 0.905. The maximum absolute atomic E-state index is 6.01. The van der Waals surface area contributed by atoms with Gasteiger partial charge in [-0.2, -0.15) is 0 Å². The van der Waals surface area contributed by atoms with Gasteiger partial charge >= 0.3 is 0 Å². The minimum atomic E-state index is 0.268. The minimum Gasteiger partial charge on any atom is -0.382 e. The van der Waals surface area contributed by atoms with Gasteiger partial charge in [-0.15, -0.1) is 0 Å². The summed E-state index contributed by atoms with van der Waals surface area (Å²) in [6.07, 6.45) is 4.40. The standard InChI is InChI=1S/C12H12Cl2N4/c13-9-6-10(14)12(18-11(9)15)17-5-3-8-2-1-4-16-7-8/h1-2,4,6-7H,3,5H2,(H3,15,17,18). The van der Waals surface area contributed by atoms with E-state index in [2.05, 4.69) is 15.3 Å². The molecule has 94 valence electrons. The van der Waals surface area contributed by atoms with Crippen LogP contribution in [0.5, 0.6) is 0 Å². The first-order valence-electron chi connectivity index (χ1n) is 5.41. The molecule has 0 bridgehead atoms. The van der Waals surface area contributed by atoms with Gasteiger partial charge in [-0.25, -0.2) is 4.98 Å². The fraction of sp³-hybridized carbons (Fsp3) is 0.167. The Kier molecular flexibility index (Phi) is 4.23. The fourth-order valence-electron chi connectivity index (χ4n) is 1.48. The third-order valence-electron chi connectivity index (χ3n) is 2.39. The van der Waals surface area contributed by atoms with Gasteiger partial charge in [0, 0.05) is 18.9 Å². The molecule has 0 aliphatic carbocycles. The average Bonchev–Trinajstić information content (AvgIpc) is 2.37. The number of rotatable bonds is 4. The number of anilines is 2. The number of hydrogen-bond acceptors (Lipinski definition) is 4. The second kappa shape index (κ2) is 5.89. The summed E-state index contributed by atoms with van der Waals surface area (Å²) in [5, 5.41) is 3.94. The highest BCUT2D eigenvalue weighted by Gasteiger charge is 2.06. The number of hydrogen-bond donors (Lipinski definition) is 2. The molecule has 4 nitrogen and oxygen atoms in total. The molecule has 0 radical (unpaired) electrons. The van der Waals surface area contributed by atoms with Crippen LogP contribution < -0.4 is 11.1 Å². The predicted molar refractivity (Wildman–Crippen MR) is 75.1 cm³/mol. The molecular formula is C12H12Cl2N4. The average molecular weight is 283 g/mol. The highest BCUT2D eigenvalue weighted by Crippen LogP contribution is 2.27. The zero-order valence-electron chi connectivity index (χ0n) is 9.53. The Balaban J connectivity index is 1.97. The van der Waals surface area contributed by atoms with Crippen LogP contribution in [-0.4, -0.2) is 16.5 Å². The van der Waals surface area contributed by atoms with E-state index in [1.54, 1.807) is 12.3 Å². The first-order valence-corrected chi connectivity index (χ1v) is 6.16. The molecule has 0 aromatic carbocycles. The van der Waals surface area contributed by atoms with Crippen LogP contribution in [0, 0.1) is 0 Å². The zero-order valence-corrected chi connectivity index (χ0v) is 11.0. The van der Waals surface area contributed by atoms with Gasteiger partial charge in [-0.1, -0.05) is 29.3 Å². The smallest absolute Gasteiger partial charge is 0.147 e. The van der Waals surface area contributed by atoms with Gasteiger partial charge in [-0.3, -0.25) is 4.98 Å². The van der Waals surface area contributed by atoms with Crippen LogP contribution in [0.2, 0.25) is 10.0 Å². The summed E-state index contributed by atoms with van der Waals surface area (Å²) >= 11 is 11.8. The molecule has 0 atom stereocenters. The maximum Gasteiger partial charge on any atom is 0.147 e. The lowest BCUT2D eigenvalue weighted by molar-refractivity contribution is 0.995. The molecule has 2 aromatic heterocycles. The molecular weight excluding hydrogens is 271 g/mol. The Morgan fingerprint density at radius 1 is 1.28 bits per heavy atom. The van der Waals surface area contributed by atoms with Crippen LogP contribution in [0.3, 0.4) is 0 Å². The van der Waals surface area contributed by atoms with Crippen molar-refractivity contribution in [1.29, 1.82) is 0 Å². The molecule has 0 fully saturated rings. The van der Waals surface area contributed by atoms with Crippen molar-refractivity contribution < 1.29 is 0 Å². The van der Waals surface area contributed by atoms with Crippen molar-refractivity contribution in [3.05, 3.63) is 46.2 Å². The van der Waals surface area contributed by atoms with E-state index in [4.69, 9.17) is 28.9 Å². The molecule has 0 amide bonds. The van der Waals surface area contributed by atoms with Gasteiger partial charge in [0.1, 0.15) is 11.6 Å². The highest BCUT2D eigenvalue weighted by molar-refractivity contribution is 6.37. The van der Waals surface area contributed by atoms with Gasteiger partial charge in [0.2, 0.25) is 0 Å². The number of aromatic nitrogens is 2. The van der Waals surface area contributed by atoms with E-state index >= 15 is 0 Å². The van der Waals surface area contributed by atoms with E-state index in [-0.39, 0.29) is 5.82 Å². The lowest BCUT2D eigenvalue weighted by Crippen LogP contribution is -2.08. The van der Waals surface area contributed by atoms with Gasteiger partial charge in [0.15, 0.2) is 0 Å². The SMILES string of the molecule is Nc1nc(NCCc2cccnc2)c(Cl)cc1Cl. The summed E-state index contributed by atoms with van der Waals surface area (Å²) in [6, 6.07) is 5.50. The van der Waals surface area contributed by atoms with Crippen LogP contribution in [0.4, 0.5) is 11.6 Å². The third kappa shape index (κ3) is 3.24. The Bertz CT molecular complexity index is 531. The van der Waals surface area contributed by atoms with Crippen LogP contribution in [-0.2, 0) is 6.42 Å². The Morgan fingerprint density at radius 2 is 2.11 bits per heavy atom. The Morgan fingerprint density at radius 3 is 2.83 bits per heavy atom. The molecule has 0 aliphatic rings. The summed E-state index contributed by atoms with van der Waals surface area (Å²) in [5.41, 5.74) is 6.76. The summed E-state index contributed by atoms with van der Waals surface area (Å²) in [5.74, 6) is 0.812. The van der Waals surface area contributed by atoms with E-state index < -0.39 is 0 Å². The number of nitrogens with zero attached hydrogens (tertiary/aromatic N) is 2. The second-order valence-electron chi connectivity index (χ2n) is 3.72. The Labute approximate surface area is 115 Å². The molecule has 3 N–H and O–H groups in total. The van der Waals surface area contributed by atoms with Crippen molar-refractivity contribution in [2.24, 2.45) is 0 Å². The summed E-state index contributed by atoms with van der Waals surface area (Å²) in [6.45, 7) is 0.694. The van der Waals surface area contributed by atoms with Gasteiger partial charge < -0.3 is 11.1 Å². The fourth-order valence-corrected chi connectivity index (χ4v) is 1.90. The monoisotopic (exact) mass is 282 g/mol. The van der Waals surface area contributed by atoms with Crippen molar-refractivity contribution in [3.63, 3.8) is 0 Å². The van der Waals surface area contributed by atoms with Crippen molar-refractivity contribution in [2.75, 3.05) is 17.6 Å². The molecule has 6 heteroatoms. The molecule has 0 saturated heterocycles. The first-order chi connectivity index (χ1) is 8.66. The molecule has 0 saturated carbocycles. The second-order valence-corrected chi connectivity index (χ2v) is 4.54. The van der Waals surface area contributed by atoms with Crippen molar-refractivity contribution in [1.82, 2.24) is 9.97 Å². The molecule has 2 rings (SSSR count). The lowest BCUT2D eigenvalue weighted by atomic mass is 10.2. The number of pyridine rings is 2. The topological polar surface area (TPSA) is 63.8 Å². The number of halogens is 2. The van der Waals surface area contributed by atoms with E-state index in [1.165, 1.54) is 0 Å². The van der Waals surface area contributed by atoms with E-state index in [1.807, 2.05) is 18.3 Å². The van der Waals surface area contributed by atoms with Crippen LogP contribution >= 0.6 is 23.2 Å². The maximum atomic E-state index is 6.01. The van der Waals surface area contributed by atoms with E-state index in [9.17, 15) is 0 Å². The molecule has 0 unspecified atom stereocenters. The van der Waals surface area contributed by atoms with Crippen LogP contribution in [0.1, 0.15) is 5.56 Å². The lowest BCUT2D eigenvalue weighted by Gasteiger charge is -2.08. The van der Waals surface area contributed by atoms with Crippen LogP contribution in [0.25, 0.3) is 0 Å². The summed E-state index contributed by atoms with van der Waals surface area (Å²) < 4.78 is 0. The zero-order chi connectivity index (χ0) is 13.0. The Hall–Kier alpha value is -1.52. The van der Waals surface area contributed by atoms with Crippen molar-refractivity contribution in [2.45, 2.75) is 6.42 Å². The largest absolute Gasteiger partial charge is 0.382 e. The molecule has 0 aliphatic heterocycles. The number of nitrogens with two attached hydrogens (primary N) is 1. The highest BCUT2D eigenvalue weighted by atomic mass is 35.5. The molecule has 2 aromatic rings. The van der Waals surface area contributed by atoms with Gasteiger partial charge in [0.05, 0.1) is 10.0 Å². The first kappa shape index (κ1) is 12.9. The van der Waals surface area contributed by atoms with Crippen molar-refractivity contribution >= 4 is 34.8 Å². The molecule has 2 heterocycles. The summed E-state index contributed by atoms with van der Waals surface area (Å²) in [4.78, 5) is 8.14. The predicted octanol–water partition coefficient (Wildman–Crippen LogP) is 3.02. The molecule has 18 heavy (non-hydrogen) atoms. The van der Waals surface area contributed by atoms with Gasteiger partial charge in [-0.05, 0) is 24.1 Å². The number of nitrogen functional groups attached to an aromatic ring is 1. The van der Waals surface area contributed by atoms with Crippen molar-refractivity contribution in [3.8, 4) is 0 Å².